The molecule has 1 fully saturated rings. The van der Waals surface area contributed by atoms with E-state index in [0.717, 1.165) is 6.42 Å². The summed E-state index contributed by atoms with van der Waals surface area (Å²) in [5.74, 6) is 0.208. The molecule has 1 heterocycles. The topological polar surface area (TPSA) is 87.2 Å². The van der Waals surface area contributed by atoms with E-state index >= 15 is 0 Å². The Kier molecular flexibility index (Phi) is 4.20. The molecule has 1 aliphatic heterocycles. The second-order valence-electron chi connectivity index (χ2n) is 4.82. The normalized spacial score (nSPS) is 20.3. The van der Waals surface area contributed by atoms with Crippen LogP contribution in [0, 0.1) is 17.2 Å². The van der Waals surface area contributed by atoms with E-state index in [1.807, 2.05) is 6.07 Å². The van der Waals surface area contributed by atoms with Gasteiger partial charge in [-0.3, -0.25) is 0 Å². The summed E-state index contributed by atoms with van der Waals surface area (Å²) >= 11 is 0. The van der Waals surface area contributed by atoms with Gasteiger partial charge < -0.3 is 5.73 Å². The van der Waals surface area contributed by atoms with Crippen molar-refractivity contribution in [3.63, 3.8) is 0 Å². The smallest absolute Gasteiger partial charge is 0.218 e. The van der Waals surface area contributed by atoms with Crippen LogP contribution in [0.4, 0.5) is 0 Å². The fourth-order valence-corrected chi connectivity index (χ4v) is 3.88. The zero-order valence-corrected chi connectivity index (χ0v) is 11.4. The highest BCUT2D eigenvalue weighted by Crippen LogP contribution is 2.21. The van der Waals surface area contributed by atoms with Crippen LogP contribution < -0.4 is 5.73 Å². The first-order valence-corrected chi connectivity index (χ1v) is 7.83. The van der Waals surface area contributed by atoms with Gasteiger partial charge in [0.1, 0.15) is 0 Å². The molecule has 1 atom stereocenters. The SMILES string of the molecule is N#Cc1cccc(CS(=O)(=O)N2CCC(CN)C2)c1. The zero-order valence-electron chi connectivity index (χ0n) is 10.6. The molecule has 1 unspecified atom stereocenters. The number of nitrogens with two attached hydrogens (primary N) is 1. The summed E-state index contributed by atoms with van der Waals surface area (Å²) in [4.78, 5) is 0. The highest BCUT2D eigenvalue weighted by Gasteiger charge is 2.30. The van der Waals surface area contributed by atoms with Gasteiger partial charge in [-0.1, -0.05) is 12.1 Å². The highest BCUT2D eigenvalue weighted by atomic mass is 32.2. The minimum absolute atomic E-state index is 0.0557. The lowest BCUT2D eigenvalue weighted by molar-refractivity contribution is 0.458. The van der Waals surface area contributed by atoms with Gasteiger partial charge in [0, 0.05) is 13.1 Å². The van der Waals surface area contributed by atoms with E-state index in [9.17, 15) is 8.42 Å². The van der Waals surface area contributed by atoms with Gasteiger partial charge in [0.05, 0.1) is 17.4 Å². The molecule has 5 nitrogen and oxygen atoms in total. The summed E-state index contributed by atoms with van der Waals surface area (Å²) < 4.78 is 26.0. The number of sulfonamides is 1. The Morgan fingerprint density at radius 3 is 2.89 bits per heavy atom. The van der Waals surface area contributed by atoms with Crippen LogP contribution in [0.15, 0.2) is 24.3 Å². The van der Waals surface area contributed by atoms with Crippen LogP contribution in [0.3, 0.4) is 0 Å². The maximum Gasteiger partial charge on any atom is 0.218 e. The van der Waals surface area contributed by atoms with E-state index in [-0.39, 0.29) is 11.7 Å². The molecule has 1 saturated heterocycles. The van der Waals surface area contributed by atoms with E-state index < -0.39 is 10.0 Å². The van der Waals surface area contributed by atoms with Crippen LogP contribution in [-0.2, 0) is 15.8 Å². The Hall–Kier alpha value is -1.42. The van der Waals surface area contributed by atoms with E-state index in [1.54, 1.807) is 24.3 Å². The third-order valence-corrected chi connectivity index (χ3v) is 5.20. The van der Waals surface area contributed by atoms with Gasteiger partial charge in [-0.2, -0.15) is 5.26 Å². The maximum atomic E-state index is 12.3. The summed E-state index contributed by atoms with van der Waals surface area (Å²) in [6.07, 6.45) is 0.827. The van der Waals surface area contributed by atoms with Gasteiger partial charge in [0.2, 0.25) is 10.0 Å². The molecule has 1 aromatic carbocycles. The van der Waals surface area contributed by atoms with Crippen LogP contribution in [0.2, 0.25) is 0 Å². The summed E-state index contributed by atoms with van der Waals surface area (Å²) in [5, 5.41) is 8.81. The fraction of sp³-hybridized carbons (Fsp3) is 0.462. The fourth-order valence-electron chi connectivity index (χ4n) is 2.27. The van der Waals surface area contributed by atoms with Crippen LogP contribution in [0.25, 0.3) is 0 Å². The molecule has 1 aliphatic rings. The Labute approximate surface area is 113 Å². The second kappa shape index (κ2) is 5.70. The lowest BCUT2D eigenvalue weighted by Crippen LogP contribution is -2.31. The van der Waals surface area contributed by atoms with Crippen molar-refractivity contribution in [1.29, 1.82) is 5.26 Å². The first-order valence-electron chi connectivity index (χ1n) is 6.22. The molecule has 19 heavy (non-hydrogen) atoms. The van der Waals surface area contributed by atoms with Crippen molar-refractivity contribution in [2.24, 2.45) is 11.7 Å². The van der Waals surface area contributed by atoms with Crippen molar-refractivity contribution in [2.45, 2.75) is 12.2 Å². The second-order valence-corrected chi connectivity index (χ2v) is 6.79. The van der Waals surface area contributed by atoms with E-state index in [0.29, 0.717) is 30.8 Å². The molecular weight excluding hydrogens is 262 g/mol. The number of nitriles is 1. The van der Waals surface area contributed by atoms with E-state index in [2.05, 4.69) is 0 Å². The molecule has 0 bridgehead atoms. The molecule has 0 radical (unpaired) electrons. The quantitative estimate of drug-likeness (QED) is 0.877. The molecule has 2 rings (SSSR count). The van der Waals surface area contributed by atoms with E-state index in [1.165, 1.54) is 4.31 Å². The molecule has 0 spiro atoms. The Morgan fingerprint density at radius 1 is 1.47 bits per heavy atom. The molecule has 0 aliphatic carbocycles. The van der Waals surface area contributed by atoms with Crippen molar-refractivity contribution < 1.29 is 8.42 Å². The first kappa shape index (κ1) is 14.0. The molecule has 0 amide bonds. The van der Waals surface area contributed by atoms with Crippen LogP contribution in [0.5, 0.6) is 0 Å². The van der Waals surface area contributed by atoms with Crippen molar-refractivity contribution in [1.82, 2.24) is 4.31 Å². The summed E-state index contributed by atoms with van der Waals surface area (Å²) in [6, 6.07) is 8.73. The van der Waals surface area contributed by atoms with Gasteiger partial charge in [0.15, 0.2) is 0 Å². The predicted octanol–water partition coefficient (Wildman–Crippen LogP) is 0.669. The minimum atomic E-state index is -3.31. The number of hydrogen-bond donors (Lipinski definition) is 1. The highest BCUT2D eigenvalue weighted by molar-refractivity contribution is 7.88. The predicted molar refractivity (Wildman–Crippen MR) is 72.5 cm³/mol. The molecule has 0 aromatic heterocycles. The largest absolute Gasteiger partial charge is 0.330 e. The monoisotopic (exact) mass is 279 g/mol. The Balaban J connectivity index is 2.11. The summed E-state index contributed by atoms with van der Waals surface area (Å²) in [6.45, 7) is 1.58. The van der Waals surface area contributed by atoms with Gasteiger partial charge in [0.25, 0.3) is 0 Å². The minimum Gasteiger partial charge on any atom is -0.330 e. The summed E-state index contributed by atoms with van der Waals surface area (Å²) in [5.41, 5.74) is 6.70. The Morgan fingerprint density at radius 2 is 2.26 bits per heavy atom. The third-order valence-electron chi connectivity index (χ3n) is 3.38. The molecule has 0 saturated carbocycles. The van der Waals surface area contributed by atoms with Crippen molar-refractivity contribution in [2.75, 3.05) is 19.6 Å². The average Bonchev–Trinajstić information content (AvgIpc) is 2.88. The molecule has 6 heteroatoms. The van der Waals surface area contributed by atoms with Crippen molar-refractivity contribution in [3.8, 4) is 6.07 Å². The zero-order chi connectivity index (χ0) is 13.9. The average molecular weight is 279 g/mol. The number of benzene rings is 1. The van der Waals surface area contributed by atoms with Gasteiger partial charge in [-0.25, -0.2) is 12.7 Å². The lowest BCUT2D eigenvalue weighted by atomic mass is 10.1. The Bertz CT molecular complexity index is 592. The third kappa shape index (κ3) is 3.32. The van der Waals surface area contributed by atoms with Crippen LogP contribution in [0.1, 0.15) is 17.5 Å². The number of rotatable bonds is 4. The van der Waals surface area contributed by atoms with E-state index in [4.69, 9.17) is 11.0 Å². The molecule has 1 aromatic rings. The summed E-state index contributed by atoms with van der Waals surface area (Å²) in [7, 11) is -3.31. The van der Waals surface area contributed by atoms with Crippen molar-refractivity contribution >= 4 is 10.0 Å². The lowest BCUT2D eigenvalue weighted by Gasteiger charge is -2.16. The number of hydrogen-bond acceptors (Lipinski definition) is 4. The number of nitrogens with zero attached hydrogens (tertiary/aromatic N) is 2. The van der Waals surface area contributed by atoms with Crippen molar-refractivity contribution in [3.05, 3.63) is 35.4 Å². The van der Waals surface area contributed by atoms with Gasteiger partial charge in [-0.05, 0) is 36.6 Å². The maximum absolute atomic E-state index is 12.3. The first-order chi connectivity index (χ1) is 9.05. The van der Waals surface area contributed by atoms with Crippen LogP contribution in [-0.4, -0.2) is 32.4 Å². The van der Waals surface area contributed by atoms with Gasteiger partial charge in [-0.15, -0.1) is 0 Å². The van der Waals surface area contributed by atoms with Gasteiger partial charge >= 0.3 is 0 Å². The molecule has 102 valence electrons. The van der Waals surface area contributed by atoms with Crippen LogP contribution >= 0.6 is 0 Å². The standard InChI is InChI=1S/C13H17N3O2S/c14-7-11-2-1-3-12(6-11)10-19(17,18)16-5-4-13(8-15)9-16/h1-3,6,13H,4-5,8-10,15H2. The molecule has 2 N–H and O–H groups in total. The molecular formula is C13H17N3O2S.